The number of nitrogens with zero attached hydrogens (tertiary/aromatic N) is 1. The van der Waals surface area contributed by atoms with Gasteiger partial charge in [-0.3, -0.25) is 9.59 Å². The SMILES string of the molecule is CC(C)(C)C(=O)c1oc2ccc(CO)cc2c1CC(=O)N1CC[C@@H]2CCCC[C@H]2C1. The summed E-state index contributed by atoms with van der Waals surface area (Å²) in [5.41, 5.74) is 1.39. The Morgan fingerprint density at radius 2 is 1.87 bits per heavy atom. The van der Waals surface area contributed by atoms with E-state index in [-0.39, 0.29) is 30.5 Å². The topological polar surface area (TPSA) is 70.7 Å². The van der Waals surface area contributed by atoms with Gasteiger partial charge in [0.05, 0.1) is 13.0 Å². The molecule has 162 valence electrons. The summed E-state index contributed by atoms with van der Waals surface area (Å²) in [6.07, 6.45) is 6.36. The van der Waals surface area contributed by atoms with Gasteiger partial charge in [-0.2, -0.15) is 0 Å². The Labute approximate surface area is 178 Å². The van der Waals surface area contributed by atoms with Crippen molar-refractivity contribution in [3.8, 4) is 0 Å². The van der Waals surface area contributed by atoms with Crippen LogP contribution in [0.15, 0.2) is 22.6 Å². The summed E-state index contributed by atoms with van der Waals surface area (Å²) < 4.78 is 5.96. The van der Waals surface area contributed by atoms with Crippen molar-refractivity contribution in [2.24, 2.45) is 17.3 Å². The molecule has 1 N–H and O–H groups in total. The van der Waals surface area contributed by atoms with Gasteiger partial charge in [0.25, 0.3) is 0 Å². The van der Waals surface area contributed by atoms with E-state index in [0.29, 0.717) is 17.1 Å². The Balaban J connectivity index is 1.64. The first kappa shape index (κ1) is 21.1. The summed E-state index contributed by atoms with van der Waals surface area (Å²) in [5.74, 6) is 1.64. The molecule has 1 saturated carbocycles. The fourth-order valence-corrected chi connectivity index (χ4v) is 5.08. The second kappa shape index (κ2) is 8.18. The van der Waals surface area contributed by atoms with Crippen LogP contribution < -0.4 is 0 Å². The molecule has 1 amide bonds. The van der Waals surface area contributed by atoms with Crippen molar-refractivity contribution >= 4 is 22.7 Å². The first-order chi connectivity index (χ1) is 14.3. The zero-order valence-electron chi connectivity index (χ0n) is 18.4. The number of fused-ring (bicyclic) bond motifs is 2. The minimum absolute atomic E-state index is 0.0686. The number of carbonyl (C=O) groups is 2. The molecule has 0 unspecified atom stereocenters. The van der Waals surface area contributed by atoms with Crippen LogP contribution in [-0.4, -0.2) is 34.8 Å². The average molecular weight is 412 g/mol. The smallest absolute Gasteiger partial charge is 0.227 e. The van der Waals surface area contributed by atoms with Crippen LogP contribution >= 0.6 is 0 Å². The number of piperidine rings is 1. The molecule has 0 spiro atoms. The molecule has 0 bridgehead atoms. The molecular weight excluding hydrogens is 378 g/mol. The highest BCUT2D eigenvalue weighted by Crippen LogP contribution is 2.37. The molecule has 2 fully saturated rings. The van der Waals surface area contributed by atoms with E-state index in [1.807, 2.05) is 31.7 Å². The van der Waals surface area contributed by atoms with Gasteiger partial charge in [0.15, 0.2) is 5.76 Å². The highest BCUT2D eigenvalue weighted by Gasteiger charge is 2.35. The molecule has 2 heterocycles. The molecule has 1 aliphatic carbocycles. The average Bonchev–Trinajstić information content (AvgIpc) is 3.09. The second-order valence-electron chi connectivity index (χ2n) is 10.1. The van der Waals surface area contributed by atoms with Crippen LogP contribution in [0.4, 0.5) is 0 Å². The third-order valence-corrected chi connectivity index (χ3v) is 6.90. The van der Waals surface area contributed by atoms with Gasteiger partial charge in [-0.25, -0.2) is 0 Å². The van der Waals surface area contributed by atoms with Crippen LogP contribution in [0.2, 0.25) is 0 Å². The molecule has 0 radical (unpaired) electrons. The molecule has 1 aliphatic heterocycles. The number of ketones is 1. The van der Waals surface area contributed by atoms with Gasteiger partial charge in [-0.15, -0.1) is 0 Å². The van der Waals surface area contributed by atoms with Crippen LogP contribution in [0, 0.1) is 17.3 Å². The third kappa shape index (κ3) is 4.04. The number of aliphatic hydroxyl groups excluding tert-OH is 1. The Morgan fingerprint density at radius 3 is 2.57 bits per heavy atom. The summed E-state index contributed by atoms with van der Waals surface area (Å²) in [4.78, 5) is 28.4. The highest BCUT2D eigenvalue weighted by atomic mass is 16.3. The monoisotopic (exact) mass is 411 g/mol. The van der Waals surface area contributed by atoms with Crippen molar-refractivity contribution in [2.45, 2.75) is 65.9 Å². The van der Waals surface area contributed by atoms with Crippen molar-refractivity contribution in [1.82, 2.24) is 4.90 Å². The van der Waals surface area contributed by atoms with Gasteiger partial charge >= 0.3 is 0 Å². The maximum atomic E-state index is 13.3. The standard InChI is InChI=1S/C25H33NO4/c1-25(2,3)24(29)23-20(19-12-16(15-27)8-9-21(19)30-23)13-22(28)26-11-10-17-6-4-5-7-18(17)14-26/h8-9,12,17-18,27H,4-7,10-11,13-15H2,1-3H3/t17-,18-/m0/s1. The summed E-state index contributed by atoms with van der Waals surface area (Å²) >= 11 is 0. The molecule has 30 heavy (non-hydrogen) atoms. The molecule has 1 aromatic heterocycles. The molecule has 1 saturated heterocycles. The minimum Gasteiger partial charge on any atom is -0.453 e. The molecule has 5 nitrogen and oxygen atoms in total. The number of hydrogen-bond donors (Lipinski definition) is 1. The van der Waals surface area contributed by atoms with Crippen LogP contribution in [0.1, 0.15) is 74.6 Å². The summed E-state index contributed by atoms with van der Waals surface area (Å²) in [6, 6.07) is 5.41. The lowest BCUT2D eigenvalue weighted by atomic mass is 9.75. The number of aliphatic hydroxyl groups is 1. The van der Waals surface area contributed by atoms with Gasteiger partial charge < -0.3 is 14.4 Å². The number of likely N-dealkylation sites (tertiary alicyclic amines) is 1. The van der Waals surface area contributed by atoms with E-state index >= 15 is 0 Å². The van der Waals surface area contributed by atoms with Crippen molar-refractivity contribution < 1.29 is 19.1 Å². The van der Waals surface area contributed by atoms with Gasteiger partial charge in [0.1, 0.15) is 5.58 Å². The van der Waals surface area contributed by atoms with E-state index in [9.17, 15) is 14.7 Å². The quantitative estimate of drug-likeness (QED) is 0.738. The normalized spacial score (nSPS) is 22.2. The van der Waals surface area contributed by atoms with E-state index in [4.69, 9.17) is 4.42 Å². The lowest BCUT2D eigenvalue weighted by molar-refractivity contribution is -0.133. The first-order valence-electron chi connectivity index (χ1n) is 11.3. The van der Waals surface area contributed by atoms with Crippen LogP contribution in [-0.2, 0) is 17.8 Å². The largest absolute Gasteiger partial charge is 0.453 e. The van der Waals surface area contributed by atoms with E-state index in [1.54, 1.807) is 12.1 Å². The number of rotatable bonds is 4. The number of benzene rings is 1. The maximum absolute atomic E-state index is 13.3. The van der Waals surface area contributed by atoms with Gasteiger partial charge in [0.2, 0.25) is 11.7 Å². The van der Waals surface area contributed by atoms with E-state index < -0.39 is 5.41 Å². The predicted molar refractivity (Wildman–Crippen MR) is 116 cm³/mol. The Hall–Kier alpha value is -2.14. The van der Waals surface area contributed by atoms with Crippen molar-refractivity contribution in [3.63, 3.8) is 0 Å². The fourth-order valence-electron chi connectivity index (χ4n) is 5.08. The zero-order valence-corrected chi connectivity index (χ0v) is 18.4. The minimum atomic E-state index is -0.605. The van der Waals surface area contributed by atoms with E-state index in [2.05, 4.69) is 0 Å². The molecule has 2 aliphatic rings. The maximum Gasteiger partial charge on any atom is 0.227 e. The lowest BCUT2D eigenvalue weighted by Crippen LogP contribution is -2.45. The Morgan fingerprint density at radius 1 is 1.13 bits per heavy atom. The Bertz CT molecular complexity index is 952. The van der Waals surface area contributed by atoms with Crippen LogP contribution in [0.3, 0.4) is 0 Å². The highest BCUT2D eigenvalue weighted by molar-refractivity contribution is 6.04. The number of amides is 1. The molecule has 2 atom stereocenters. The first-order valence-corrected chi connectivity index (χ1v) is 11.3. The molecule has 4 rings (SSSR count). The van der Waals surface area contributed by atoms with Crippen LogP contribution in [0.5, 0.6) is 0 Å². The van der Waals surface area contributed by atoms with Gasteiger partial charge in [0, 0.05) is 29.5 Å². The van der Waals surface area contributed by atoms with Crippen LogP contribution in [0.25, 0.3) is 11.0 Å². The molecule has 2 aromatic rings. The van der Waals surface area contributed by atoms with Crippen molar-refractivity contribution in [3.05, 3.63) is 35.1 Å². The molecule has 1 aromatic carbocycles. The summed E-state index contributed by atoms with van der Waals surface area (Å²) in [6.45, 7) is 7.14. The Kier molecular flexibility index (Phi) is 5.75. The summed E-state index contributed by atoms with van der Waals surface area (Å²) in [5, 5.41) is 10.3. The summed E-state index contributed by atoms with van der Waals surface area (Å²) in [7, 11) is 0. The third-order valence-electron chi connectivity index (χ3n) is 6.90. The molecular formula is C25H33NO4. The lowest BCUT2D eigenvalue weighted by Gasteiger charge is -2.41. The van der Waals surface area contributed by atoms with E-state index in [0.717, 1.165) is 36.4 Å². The van der Waals surface area contributed by atoms with Crippen molar-refractivity contribution in [2.75, 3.05) is 13.1 Å². The zero-order chi connectivity index (χ0) is 21.5. The number of furan rings is 1. The van der Waals surface area contributed by atoms with E-state index in [1.165, 1.54) is 25.7 Å². The predicted octanol–water partition coefficient (Wildman–Crippen LogP) is 4.74. The van der Waals surface area contributed by atoms with Gasteiger partial charge in [-0.1, -0.05) is 46.1 Å². The second-order valence-corrected chi connectivity index (χ2v) is 10.1. The number of carbonyl (C=O) groups excluding carboxylic acids is 2. The fraction of sp³-hybridized carbons (Fsp3) is 0.600. The number of hydrogen-bond acceptors (Lipinski definition) is 4. The number of Topliss-reactive ketones (excluding diaryl/α,β-unsaturated/α-hetero) is 1. The van der Waals surface area contributed by atoms with Gasteiger partial charge in [-0.05, 0) is 42.4 Å². The van der Waals surface area contributed by atoms with Crippen molar-refractivity contribution in [1.29, 1.82) is 0 Å². The molecule has 5 heteroatoms.